The lowest BCUT2D eigenvalue weighted by atomic mass is 10.0. The van der Waals surface area contributed by atoms with Gasteiger partial charge in [-0.25, -0.2) is 4.98 Å². The van der Waals surface area contributed by atoms with Crippen LogP contribution >= 0.6 is 0 Å². The summed E-state index contributed by atoms with van der Waals surface area (Å²) in [6.45, 7) is 2.03. The number of hydrogen-bond donors (Lipinski definition) is 1. The first-order valence-electron chi connectivity index (χ1n) is 9.63. The second-order valence-electron chi connectivity index (χ2n) is 7.50. The van der Waals surface area contributed by atoms with Crippen molar-refractivity contribution in [3.63, 3.8) is 0 Å². The predicted molar refractivity (Wildman–Crippen MR) is 112 cm³/mol. The molecule has 1 aliphatic rings. The van der Waals surface area contributed by atoms with E-state index in [1.165, 1.54) is 11.1 Å². The SMILES string of the molecule is Cc1cc(NC(=O)C2CC2)c2nc(-c3ccc(-c4ccccc4)cc3)cn2c1. The number of benzene rings is 2. The van der Waals surface area contributed by atoms with Crippen molar-refractivity contribution in [3.8, 4) is 22.4 Å². The average Bonchev–Trinajstić information content (AvgIpc) is 3.48. The van der Waals surface area contributed by atoms with Crippen molar-refractivity contribution >= 4 is 17.2 Å². The lowest BCUT2D eigenvalue weighted by Crippen LogP contribution is -2.14. The van der Waals surface area contributed by atoms with Crippen LogP contribution in [0.25, 0.3) is 28.0 Å². The van der Waals surface area contributed by atoms with E-state index in [-0.39, 0.29) is 11.8 Å². The van der Waals surface area contributed by atoms with Gasteiger partial charge in [-0.2, -0.15) is 0 Å². The van der Waals surface area contributed by atoms with Gasteiger partial charge >= 0.3 is 0 Å². The molecule has 0 bridgehead atoms. The molecule has 2 aromatic heterocycles. The van der Waals surface area contributed by atoms with Gasteiger partial charge in [-0.05, 0) is 42.5 Å². The first kappa shape index (κ1) is 16.8. The molecular weight excluding hydrogens is 346 g/mol. The van der Waals surface area contributed by atoms with Gasteiger partial charge in [-0.1, -0.05) is 54.6 Å². The fourth-order valence-corrected chi connectivity index (χ4v) is 3.52. The van der Waals surface area contributed by atoms with Gasteiger partial charge in [0.15, 0.2) is 5.65 Å². The normalized spacial score (nSPS) is 13.6. The topological polar surface area (TPSA) is 46.4 Å². The van der Waals surface area contributed by atoms with Gasteiger partial charge in [-0.3, -0.25) is 4.79 Å². The van der Waals surface area contributed by atoms with E-state index in [1.54, 1.807) is 0 Å². The molecule has 2 heterocycles. The van der Waals surface area contributed by atoms with Crippen LogP contribution in [-0.4, -0.2) is 15.3 Å². The summed E-state index contributed by atoms with van der Waals surface area (Å²) >= 11 is 0. The summed E-state index contributed by atoms with van der Waals surface area (Å²) in [5, 5.41) is 3.06. The molecular formula is C24H21N3O. The lowest BCUT2D eigenvalue weighted by molar-refractivity contribution is -0.117. The summed E-state index contributed by atoms with van der Waals surface area (Å²) < 4.78 is 2.00. The number of anilines is 1. The van der Waals surface area contributed by atoms with Crippen molar-refractivity contribution in [3.05, 3.63) is 78.6 Å². The van der Waals surface area contributed by atoms with E-state index in [0.717, 1.165) is 41.0 Å². The summed E-state index contributed by atoms with van der Waals surface area (Å²) in [6.07, 6.45) is 6.03. The standard InChI is InChI=1S/C24H21N3O/c1-16-13-21(26-24(28)20-11-12-20)23-25-22(15-27(23)14-16)19-9-7-18(8-10-19)17-5-3-2-4-6-17/h2-10,13-15,20H,11-12H2,1H3,(H,26,28). The van der Waals surface area contributed by atoms with E-state index in [9.17, 15) is 4.79 Å². The monoisotopic (exact) mass is 367 g/mol. The van der Waals surface area contributed by atoms with E-state index in [1.807, 2.05) is 48.0 Å². The van der Waals surface area contributed by atoms with Crippen molar-refractivity contribution < 1.29 is 4.79 Å². The minimum absolute atomic E-state index is 0.101. The number of fused-ring (bicyclic) bond motifs is 1. The molecule has 4 heteroatoms. The molecule has 1 saturated carbocycles. The first-order chi connectivity index (χ1) is 13.7. The maximum Gasteiger partial charge on any atom is 0.227 e. The van der Waals surface area contributed by atoms with Crippen LogP contribution in [0.1, 0.15) is 18.4 Å². The third kappa shape index (κ3) is 3.18. The molecule has 0 radical (unpaired) electrons. The fourth-order valence-electron chi connectivity index (χ4n) is 3.52. The first-order valence-corrected chi connectivity index (χ1v) is 9.63. The van der Waals surface area contributed by atoms with Gasteiger partial charge in [0.05, 0.1) is 11.4 Å². The summed E-state index contributed by atoms with van der Waals surface area (Å²) in [7, 11) is 0. The number of aryl methyl sites for hydroxylation is 1. The van der Waals surface area contributed by atoms with Crippen molar-refractivity contribution in [1.82, 2.24) is 9.38 Å². The second kappa shape index (κ2) is 6.64. The van der Waals surface area contributed by atoms with Crippen LogP contribution in [0.3, 0.4) is 0 Å². The van der Waals surface area contributed by atoms with Crippen LogP contribution < -0.4 is 5.32 Å². The fraction of sp³-hybridized carbons (Fsp3) is 0.167. The zero-order valence-electron chi connectivity index (χ0n) is 15.7. The molecule has 0 unspecified atom stereocenters. The Bertz CT molecular complexity index is 1160. The Kier molecular flexibility index (Phi) is 3.97. The molecule has 0 spiro atoms. The Labute approximate surface area is 163 Å². The molecule has 5 rings (SSSR count). The van der Waals surface area contributed by atoms with Crippen LogP contribution in [0.5, 0.6) is 0 Å². The summed E-state index contributed by atoms with van der Waals surface area (Å²) in [5.74, 6) is 0.268. The number of nitrogens with one attached hydrogen (secondary N) is 1. The molecule has 2 aromatic carbocycles. The largest absolute Gasteiger partial charge is 0.323 e. The Morgan fingerprint density at radius 3 is 2.36 bits per heavy atom. The van der Waals surface area contributed by atoms with E-state index >= 15 is 0 Å². The van der Waals surface area contributed by atoms with Crippen LogP contribution in [0.15, 0.2) is 73.1 Å². The number of rotatable bonds is 4. The summed E-state index contributed by atoms with van der Waals surface area (Å²) in [6, 6.07) is 20.8. The van der Waals surface area contributed by atoms with Gasteiger partial charge in [0, 0.05) is 23.9 Å². The molecule has 0 saturated heterocycles. The molecule has 0 atom stereocenters. The van der Waals surface area contributed by atoms with Crippen molar-refractivity contribution in [2.75, 3.05) is 5.32 Å². The Morgan fingerprint density at radius 1 is 0.964 bits per heavy atom. The maximum absolute atomic E-state index is 12.2. The molecule has 138 valence electrons. The highest BCUT2D eigenvalue weighted by atomic mass is 16.2. The van der Waals surface area contributed by atoms with Crippen LogP contribution in [0.4, 0.5) is 5.69 Å². The number of carbonyl (C=O) groups is 1. The minimum Gasteiger partial charge on any atom is -0.323 e. The van der Waals surface area contributed by atoms with Crippen molar-refractivity contribution in [2.45, 2.75) is 19.8 Å². The second-order valence-corrected chi connectivity index (χ2v) is 7.50. The summed E-state index contributed by atoms with van der Waals surface area (Å²) in [4.78, 5) is 17.0. The van der Waals surface area contributed by atoms with Crippen molar-refractivity contribution in [1.29, 1.82) is 0 Å². The number of amides is 1. The number of pyridine rings is 1. The average molecular weight is 367 g/mol. The van der Waals surface area contributed by atoms with Crippen molar-refractivity contribution in [2.24, 2.45) is 5.92 Å². The number of aromatic nitrogens is 2. The number of imidazole rings is 1. The molecule has 1 fully saturated rings. The highest BCUT2D eigenvalue weighted by Crippen LogP contribution is 2.32. The molecule has 1 aliphatic carbocycles. The van der Waals surface area contributed by atoms with E-state index < -0.39 is 0 Å². The minimum atomic E-state index is 0.101. The van der Waals surface area contributed by atoms with Crippen LogP contribution in [0, 0.1) is 12.8 Å². The van der Waals surface area contributed by atoms with E-state index in [0.29, 0.717) is 0 Å². The van der Waals surface area contributed by atoms with Crippen LogP contribution in [-0.2, 0) is 4.79 Å². The smallest absolute Gasteiger partial charge is 0.227 e. The predicted octanol–water partition coefficient (Wildman–Crippen LogP) is 5.33. The molecule has 1 amide bonds. The molecule has 4 aromatic rings. The van der Waals surface area contributed by atoms with Crippen LogP contribution in [0.2, 0.25) is 0 Å². The molecule has 1 N–H and O–H groups in total. The number of carbonyl (C=O) groups excluding carboxylic acids is 1. The summed E-state index contributed by atoms with van der Waals surface area (Å²) in [5.41, 5.74) is 6.98. The van der Waals surface area contributed by atoms with Gasteiger partial charge in [0.1, 0.15) is 0 Å². The number of nitrogens with zero attached hydrogens (tertiary/aromatic N) is 2. The van der Waals surface area contributed by atoms with E-state index in [2.05, 4.69) is 41.7 Å². The van der Waals surface area contributed by atoms with Gasteiger partial charge in [0.25, 0.3) is 0 Å². The number of hydrogen-bond acceptors (Lipinski definition) is 2. The lowest BCUT2D eigenvalue weighted by Gasteiger charge is -2.07. The maximum atomic E-state index is 12.2. The molecule has 28 heavy (non-hydrogen) atoms. The molecule has 0 aliphatic heterocycles. The third-order valence-electron chi connectivity index (χ3n) is 5.18. The zero-order chi connectivity index (χ0) is 19.1. The highest BCUT2D eigenvalue weighted by Gasteiger charge is 2.30. The van der Waals surface area contributed by atoms with Gasteiger partial charge in [-0.15, -0.1) is 0 Å². The Morgan fingerprint density at radius 2 is 1.64 bits per heavy atom. The Balaban J connectivity index is 1.50. The molecule has 4 nitrogen and oxygen atoms in total. The van der Waals surface area contributed by atoms with E-state index in [4.69, 9.17) is 4.98 Å². The highest BCUT2D eigenvalue weighted by molar-refractivity contribution is 5.97. The quantitative estimate of drug-likeness (QED) is 0.530. The third-order valence-corrected chi connectivity index (χ3v) is 5.18. The Hall–Kier alpha value is -3.40. The van der Waals surface area contributed by atoms with Gasteiger partial charge < -0.3 is 9.72 Å². The van der Waals surface area contributed by atoms with Gasteiger partial charge in [0.2, 0.25) is 5.91 Å². The zero-order valence-corrected chi connectivity index (χ0v) is 15.7.